The van der Waals surface area contributed by atoms with Crippen LogP contribution in [0.5, 0.6) is 11.5 Å². The SMILES string of the molecule is COc1c(C)cc2c(c1O)[C@@H]1C3CC4(O)C(=O)C(C)=C5OCOC5=C4[C@H](CO)N3[C@@H](C#N)[C@@H](C2)N1C. The summed E-state index contributed by atoms with van der Waals surface area (Å²) in [6, 6.07) is 1.66. The van der Waals surface area contributed by atoms with Gasteiger partial charge in [-0.1, -0.05) is 6.07 Å². The number of aliphatic hydroxyl groups is 2. The van der Waals surface area contributed by atoms with Gasteiger partial charge in [-0.15, -0.1) is 0 Å². The van der Waals surface area contributed by atoms with Crippen molar-refractivity contribution in [1.82, 2.24) is 9.80 Å². The smallest absolute Gasteiger partial charge is 0.231 e. The number of benzene rings is 1. The number of methoxy groups -OCH3 is 1. The second-order valence-electron chi connectivity index (χ2n) is 10.3. The van der Waals surface area contributed by atoms with E-state index in [0.29, 0.717) is 17.7 Å². The molecule has 1 aromatic carbocycles. The third-order valence-corrected chi connectivity index (χ3v) is 8.75. The first-order valence-corrected chi connectivity index (χ1v) is 12.1. The summed E-state index contributed by atoms with van der Waals surface area (Å²) in [5.74, 6) is 0.450. The Morgan fingerprint density at radius 2 is 2.00 bits per heavy atom. The van der Waals surface area contributed by atoms with E-state index in [1.165, 1.54) is 7.11 Å². The van der Waals surface area contributed by atoms with Gasteiger partial charge in [-0.25, -0.2) is 0 Å². The van der Waals surface area contributed by atoms with Crippen LogP contribution in [0.3, 0.4) is 0 Å². The topological polar surface area (TPSA) is 136 Å². The highest BCUT2D eigenvalue weighted by atomic mass is 16.7. The summed E-state index contributed by atoms with van der Waals surface area (Å²) in [7, 11) is 3.40. The molecule has 36 heavy (non-hydrogen) atoms. The van der Waals surface area contributed by atoms with Gasteiger partial charge in [0.2, 0.25) is 6.79 Å². The van der Waals surface area contributed by atoms with E-state index in [2.05, 4.69) is 11.0 Å². The number of ether oxygens (including phenoxy) is 3. The van der Waals surface area contributed by atoms with Crippen molar-refractivity contribution in [3.8, 4) is 17.6 Å². The molecule has 2 unspecified atom stereocenters. The van der Waals surface area contributed by atoms with Gasteiger partial charge < -0.3 is 29.5 Å². The summed E-state index contributed by atoms with van der Waals surface area (Å²) in [6.07, 6.45) is 0.476. The van der Waals surface area contributed by atoms with E-state index < -0.39 is 42.2 Å². The number of piperidine rings is 1. The fraction of sp³-hybridized carbons (Fsp3) is 0.538. The Morgan fingerprint density at radius 3 is 2.67 bits per heavy atom. The molecular formula is C26H29N3O7. The normalized spacial score (nSPS) is 35.2. The molecule has 0 spiro atoms. The number of fused-ring (bicyclic) bond motifs is 8. The van der Waals surface area contributed by atoms with E-state index in [-0.39, 0.29) is 47.7 Å². The highest BCUT2D eigenvalue weighted by molar-refractivity contribution is 6.06. The molecule has 3 N–H and O–H groups in total. The fourth-order valence-electron chi connectivity index (χ4n) is 7.31. The molecule has 0 radical (unpaired) electrons. The Kier molecular flexibility index (Phi) is 4.98. The lowest BCUT2D eigenvalue weighted by Crippen LogP contribution is -2.74. The van der Waals surface area contributed by atoms with Gasteiger partial charge in [0.1, 0.15) is 6.04 Å². The lowest BCUT2D eigenvalue weighted by Gasteiger charge is -2.62. The molecule has 1 aliphatic carbocycles. The first-order chi connectivity index (χ1) is 17.2. The third kappa shape index (κ3) is 2.66. The number of aromatic hydroxyl groups is 1. The number of hydrogen-bond donors (Lipinski definition) is 3. The lowest BCUT2D eigenvalue weighted by molar-refractivity contribution is -0.150. The minimum atomic E-state index is -1.94. The molecule has 6 atom stereocenters. The van der Waals surface area contributed by atoms with Gasteiger partial charge in [-0.3, -0.25) is 14.6 Å². The highest BCUT2D eigenvalue weighted by Gasteiger charge is 2.64. The monoisotopic (exact) mass is 495 g/mol. The molecule has 6 rings (SSSR count). The minimum absolute atomic E-state index is 0.0238. The van der Waals surface area contributed by atoms with Crippen LogP contribution < -0.4 is 4.74 Å². The molecule has 3 fully saturated rings. The summed E-state index contributed by atoms with van der Waals surface area (Å²) in [6.45, 7) is 2.93. The van der Waals surface area contributed by atoms with Crippen molar-refractivity contribution in [2.24, 2.45) is 0 Å². The number of hydrogen-bond acceptors (Lipinski definition) is 10. The zero-order valence-corrected chi connectivity index (χ0v) is 20.6. The summed E-state index contributed by atoms with van der Waals surface area (Å²) >= 11 is 0. The maximum Gasteiger partial charge on any atom is 0.231 e. The molecule has 10 nitrogen and oxygen atoms in total. The van der Waals surface area contributed by atoms with Gasteiger partial charge in [0.25, 0.3) is 0 Å². The molecule has 0 aromatic heterocycles. The van der Waals surface area contributed by atoms with Gasteiger partial charge in [0.15, 0.2) is 34.4 Å². The van der Waals surface area contributed by atoms with Crippen molar-refractivity contribution in [1.29, 1.82) is 5.26 Å². The predicted octanol–water partition coefficient (Wildman–Crippen LogP) is 0.794. The van der Waals surface area contributed by atoms with Crippen LogP contribution in [-0.2, 0) is 20.7 Å². The van der Waals surface area contributed by atoms with Crippen LogP contribution in [0.2, 0.25) is 0 Å². The molecule has 4 aliphatic heterocycles. The first kappa shape index (κ1) is 23.3. The number of Topliss-reactive ketones (excluding diaryl/α,β-unsaturated/α-hetero) is 1. The van der Waals surface area contributed by atoms with E-state index in [9.17, 15) is 25.4 Å². The highest BCUT2D eigenvalue weighted by Crippen LogP contribution is 2.56. The second kappa shape index (κ2) is 7.70. The lowest BCUT2D eigenvalue weighted by atomic mass is 9.65. The first-order valence-electron chi connectivity index (χ1n) is 12.1. The standard InChI is InChI=1S/C26H29N3O7/c1-11-5-13-6-14-16(8-27)29-15(20(28(14)3)18(13)21(31)22(11)34-4)7-26(33)19(17(29)9-30)24-23(35-10-36-24)12(2)25(26)32/h5,14-17,20,30-31,33H,6-7,9-10H2,1-4H3/t14-,15?,16+,17+,20+,26?/m1/s1. The van der Waals surface area contributed by atoms with Crippen LogP contribution in [0.4, 0.5) is 0 Å². The number of phenolic OH excluding ortho intramolecular Hbond substituents is 1. The molecule has 10 heteroatoms. The molecule has 3 saturated heterocycles. The molecule has 2 bridgehead atoms. The Morgan fingerprint density at radius 1 is 1.28 bits per heavy atom. The van der Waals surface area contributed by atoms with E-state index in [4.69, 9.17) is 14.2 Å². The summed E-state index contributed by atoms with van der Waals surface area (Å²) in [5, 5.41) is 44.4. The van der Waals surface area contributed by atoms with E-state index in [1.807, 2.05) is 24.9 Å². The second-order valence-corrected chi connectivity index (χ2v) is 10.3. The van der Waals surface area contributed by atoms with Crippen LogP contribution in [-0.4, -0.2) is 88.2 Å². The third-order valence-electron chi connectivity index (χ3n) is 8.75. The van der Waals surface area contributed by atoms with Crippen LogP contribution in [0.15, 0.2) is 28.7 Å². The Hall–Kier alpha value is -3.10. The Bertz CT molecular complexity index is 1300. The number of piperazine rings is 1. The summed E-state index contributed by atoms with van der Waals surface area (Å²) in [4.78, 5) is 17.6. The van der Waals surface area contributed by atoms with Crippen molar-refractivity contribution in [3.63, 3.8) is 0 Å². The number of aliphatic hydroxyl groups excluding tert-OH is 1. The van der Waals surface area contributed by atoms with E-state index >= 15 is 0 Å². The van der Waals surface area contributed by atoms with Crippen molar-refractivity contribution in [2.45, 2.75) is 62.5 Å². The van der Waals surface area contributed by atoms with Crippen LogP contribution >= 0.6 is 0 Å². The Balaban J connectivity index is 1.60. The number of carbonyl (C=O) groups excluding carboxylic acids is 1. The van der Waals surface area contributed by atoms with E-state index in [0.717, 1.165) is 11.1 Å². The predicted molar refractivity (Wildman–Crippen MR) is 125 cm³/mol. The Labute approximate surface area is 208 Å². The largest absolute Gasteiger partial charge is 0.504 e. The zero-order chi connectivity index (χ0) is 25.7. The molecule has 0 saturated carbocycles. The molecule has 0 amide bonds. The number of aryl methyl sites for hydroxylation is 1. The van der Waals surface area contributed by atoms with Crippen molar-refractivity contribution < 1.29 is 34.3 Å². The number of likely N-dealkylation sites (N-methyl/N-ethyl adjacent to an activating group) is 1. The van der Waals surface area contributed by atoms with Crippen LogP contribution in [0.1, 0.15) is 36.1 Å². The number of nitriles is 1. The van der Waals surface area contributed by atoms with Gasteiger partial charge in [-0.05, 0) is 38.4 Å². The maximum absolute atomic E-state index is 13.6. The minimum Gasteiger partial charge on any atom is -0.504 e. The quantitative estimate of drug-likeness (QED) is 0.540. The van der Waals surface area contributed by atoms with Crippen molar-refractivity contribution in [2.75, 3.05) is 27.6 Å². The van der Waals surface area contributed by atoms with Crippen molar-refractivity contribution >= 4 is 5.78 Å². The van der Waals surface area contributed by atoms with Crippen LogP contribution in [0.25, 0.3) is 0 Å². The maximum atomic E-state index is 13.6. The molecule has 1 aromatic rings. The van der Waals surface area contributed by atoms with Gasteiger partial charge in [0, 0.05) is 35.2 Å². The number of rotatable bonds is 2. The van der Waals surface area contributed by atoms with Gasteiger partial charge >= 0.3 is 0 Å². The molecule has 190 valence electrons. The van der Waals surface area contributed by atoms with Gasteiger partial charge in [0.05, 0.1) is 31.9 Å². The van der Waals surface area contributed by atoms with Crippen molar-refractivity contribution in [3.05, 3.63) is 45.4 Å². The number of nitrogens with zero attached hydrogens (tertiary/aromatic N) is 3. The number of phenols is 1. The average molecular weight is 496 g/mol. The van der Waals surface area contributed by atoms with E-state index in [1.54, 1.807) is 6.92 Å². The summed E-state index contributed by atoms with van der Waals surface area (Å²) in [5.41, 5.74) is 0.937. The van der Waals surface area contributed by atoms with Crippen LogP contribution in [0, 0.1) is 18.3 Å². The zero-order valence-electron chi connectivity index (χ0n) is 20.6. The molecule has 4 heterocycles. The molecular weight excluding hydrogens is 466 g/mol. The average Bonchev–Trinajstić information content (AvgIpc) is 3.33. The molecule has 5 aliphatic rings. The summed E-state index contributed by atoms with van der Waals surface area (Å²) < 4.78 is 16.8. The fourth-order valence-corrected chi connectivity index (χ4v) is 7.31. The number of carbonyl (C=O) groups is 1. The number of ketones is 1. The van der Waals surface area contributed by atoms with Gasteiger partial charge in [-0.2, -0.15) is 5.26 Å².